The molecule has 0 unspecified atom stereocenters. The Balaban J connectivity index is 1.58. The Morgan fingerprint density at radius 2 is 1.86 bits per heavy atom. The number of hydrogen-bond donors (Lipinski definition) is 1. The first-order valence-electron chi connectivity index (χ1n) is 8.48. The van der Waals surface area contributed by atoms with Crippen LogP contribution in [-0.4, -0.2) is 50.5 Å². The summed E-state index contributed by atoms with van der Waals surface area (Å²) < 4.78 is 46.2. The van der Waals surface area contributed by atoms with E-state index in [0.29, 0.717) is 42.1 Å². The van der Waals surface area contributed by atoms with Gasteiger partial charge in [0.25, 0.3) is 15.9 Å². The average molecular weight is 421 g/mol. The van der Waals surface area contributed by atoms with Gasteiger partial charge < -0.3 is 9.64 Å². The molecule has 1 aliphatic heterocycles. The van der Waals surface area contributed by atoms with E-state index in [0.717, 1.165) is 23.5 Å². The Bertz CT molecular complexity index is 1120. The van der Waals surface area contributed by atoms with Crippen LogP contribution in [0.4, 0.5) is 9.52 Å². The molecule has 2 aromatic carbocycles. The van der Waals surface area contributed by atoms with E-state index in [1.807, 2.05) is 0 Å². The van der Waals surface area contributed by atoms with Gasteiger partial charge in [-0.05, 0) is 42.5 Å². The Morgan fingerprint density at radius 1 is 1.14 bits per heavy atom. The summed E-state index contributed by atoms with van der Waals surface area (Å²) in [4.78, 5) is 18.5. The standard InChI is InChI=1S/C18H16FN3O4S2/c19-13-2-4-14(5-3-13)28(24,25)21-18-20-15-6-1-12(11-16(15)27-18)17(23)22-7-9-26-10-8-22/h1-6,11H,7-10H2,(H,20,21). The summed E-state index contributed by atoms with van der Waals surface area (Å²) in [6.07, 6.45) is 0. The summed E-state index contributed by atoms with van der Waals surface area (Å²) in [6, 6.07) is 9.61. The lowest BCUT2D eigenvalue weighted by Gasteiger charge is -2.26. The number of morpholine rings is 1. The Kier molecular flexibility index (Phi) is 5.00. The zero-order valence-corrected chi connectivity index (χ0v) is 16.2. The Morgan fingerprint density at radius 3 is 2.57 bits per heavy atom. The third kappa shape index (κ3) is 3.84. The Labute approximate surface area is 164 Å². The number of benzene rings is 2. The van der Waals surface area contributed by atoms with Gasteiger partial charge in [0, 0.05) is 18.7 Å². The van der Waals surface area contributed by atoms with Gasteiger partial charge in [0.15, 0.2) is 5.13 Å². The van der Waals surface area contributed by atoms with E-state index < -0.39 is 15.8 Å². The number of carbonyl (C=O) groups excluding carboxylic acids is 1. The number of rotatable bonds is 4. The molecule has 0 bridgehead atoms. The van der Waals surface area contributed by atoms with E-state index in [1.54, 1.807) is 23.1 Å². The van der Waals surface area contributed by atoms with E-state index in [2.05, 4.69) is 9.71 Å². The highest BCUT2D eigenvalue weighted by Crippen LogP contribution is 2.29. The number of aromatic nitrogens is 1. The molecule has 4 rings (SSSR count). The number of halogens is 1. The molecule has 0 saturated carbocycles. The third-order valence-corrected chi connectivity index (χ3v) is 6.70. The molecular weight excluding hydrogens is 405 g/mol. The van der Waals surface area contributed by atoms with Gasteiger partial charge in [-0.2, -0.15) is 0 Å². The van der Waals surface area contributed by atoms with Gasteiger partial charge in [0.1, 0.15) is 5.82 Å². The van der Waals surface area contributed by atoms with Gasteiger partial charge in [-0.25, -0.2) is 17.8 Å². The smallest absolute Gasteiger partial charge is 0.263 e. The molecule has 2 heterocycles. The van der Waals surface area contributed by atoms with Crippen LogP contribution in [0.1, 0.15) is 10.4 Å². The van der Waals surface area contributed by atoms with Crippen LogP contribution in [0.5, 0.6) is 0 Å². The van der Waals surface area contributed by atoms with Gasteiger partial charge in [-0.1, -0.05) is 11.3 Å². The lowest BCUT2D eigenvalue weighted by Crippen LogP contribution is -2.40. The minimum atomic E-state index is -3.88. The van der Waals surface area contributed by atoms with Crippen LogP contribution in [-0.2, 0) is 14.8 Å². The molecule has 1 saturated heterocycles. The summed E-state index contributed by atoms with van der Waals surface area (Å²) in [6.45, 7) is 2.12. The van der Waals surface area contributed by atoms with Crippen molar-refractivity contribution in [2.24, 2.45) is 0 Å². The number of hydrogen-bond acceptors (Lipinski definition) is 6. The number of fused-ring (bicyclic) bond motifs is 1. The number of amides is 1. The molecule has 1 N–H and O–H groups in total. The molecule has 146 valence electrons. The molecule has 0 spiro atoms. The Hall–Kier alpha value is -2.56. The molecule has 1 amide bonds. The zero-order valence-electron chi connectivity index (χ0n) is 14.6. The largest absolute Gasteiger partial charge is 0.378 e. The van der Waals surface area contributed by atoms with Gasteiger partial charge in [0.2, 0.25) is 0 Å². The normalized spacial score (nSPS) is 15.0. The number of ether oxygens (including phenoxy) is 1. The molecule has 0 atom stereocenters. The predicted octanol–water partition coefficient (Wildman–Crippen LogP) is 2.71. The van der Waals surface area contributed by atoms with Crippen LogP contribution in [0.2, 0.25) is 0 Å². The fraction of sp³-hybridized carbons (Fsp3) is 0.222. The molecular formula is C18H16FN3O4S2. The first-order valence-corrected chi connectivity index (χ1v) is 10.8. The van der Waals surface area contributed by atoms with Crippen LogP contribution in [0, 0.1) is 5.82 Å². The quantitative estimate of drug-likeness (QED) is 0.700. The van der Waals surface area contributed by atoms with E-state index >= 15 is 0 Å². The predicted molar refractivity (Wildman–Crippen MR) is 104 cm³/mol. The maximum Gasteiger partial charge on any atom is 0.263 e. The van der Waals surface area contributed by atoms with Crippen LogP contribution in [0.25, 0.3) is 10.2 Å². The van der Waals surface area contributed by atoms with Gasteiger partial charge in [0.05, 0.1) is 28.3 Å². The highest BCUT2D eigenvalue weighted by atomic mass is 32.2. The second-order valence-corrected chi connectivity index (χ2v) is 8.88. The van der Waals surface area contributed by atoms with Crippen molar-refractivity contribution in [3.05, 3.63) is 53.8 Å². The minimum Gasteiger partial charge on any atom is -0.378 e. The van der Waals surface area contributed by atoms with Crippen molar-refractivity contribution >= 4 is 42.6 Å². The number of nitrogens with zero attached hydrogens (tertiary/aromatic N) is 2. The number of sulfonamides is 1. The highest BCUT2D eigenvalue weighted by Gasteiger charge is 2.20. The van der Waals surface area contributed by atoms with E-state index in [4.69, 9.17) is 4.74 Å². The molecule has 10 heteroatoms. The molecule has 1 fully saturated rings. The summed E-state index contributed by atoms with van der Waals surface area (Å²) in [5.41, 5.74) is 1.10. The number of carbonyl (C=O) groups is 1. The van der Waals surface area contributed by atoms with Crippen LogP contribution >= 0.6 is 11.3 Å². The molecule has 0 radical (unpaired) electrons. The van der Waals surface area contributed by atoms with Crippen molar-refractivity contribution in [1.82, 2.24) is 9.88 Å². The van der Waals surface area contributed by atoms with E-state index in [-0.39, 0.29) is 15.9 Å². The topological polar surface area (TPSA) is 88.6 Å². The number of nitrogens with one attached hydrogen (secondary N) is 1. The third-order valence-electron chi connectivity index (χ3n) is 4.28. The van der Waals surface area contributed by atoms with Gasteiger partial charge in [-0.3, -0.25) is 9.52 Å². The maximum atomic E-state index is 13.0. The van der Waals surface area contributed by atoms with Crippen LogP contribution in [0.15, 0.2) is 47.4 Å². The SMILES string of the molecule is O=C(c1ccc2nc(NS(=O)(=O)c3ccc(F)cc3)sc2c1)N1CCOCC1. The fourth-order valence-corrected chi connectivity index (χ4v) is 4.98. The fourth-order valence-electron chi connectivity index (χ4n) is 2.84. The monoisotopic (exact) mass is 421 g/mol. The number of thiazole rings is 1. The van der Waals surface area contributed by atoms with Crippen molar-refractivity contribution in [2.75, 3.05) is 31.0 Å². The van der Waals surface area contributed by atoms with Crippen molar-refractivity contribution < 1.29 is 22.3 Å². The lowest BCUT2D eigenvalue weighted by molar-refractivity contribution is 0.0303. The van der Waals surface area contributed by atoms with Crippen molar-refractivity contribution in [2.45, 2.75) is 4.90 Å². The van der Waals surface area contributed by atoms with Crippen LogP contribution < -0.4 is 4.72 Å². The average Bonchev–Trinajstić information content (AvgIpc) is 3.09. The first kappa shape index (κ1) is 18.8. The van der Waals surface area contributed by atoms with Crippen molar-refractivity contribution in [3.63, 3.8) is 0 Å². The van der Waals surface area contributed by atoms with Crippen molar-refractivity contribution in [1.29, 1.82) is 0 Å². The molecule has 7 nitrogen and oxygen atoms in total. The maximum absolute atomic E-state index is 13.0. The summed E-state index contributed by atoms with van der Waals surface area (Å²) in [5.74, 6) is -0.608. The van der Waals surface area contributed by atoms with Crippen molar-refractivity contribution in [3.8, 4) is 0 Å². The van der Waals surface area contributed by atoms with E-state index in [1.165, 1.54) is 12.1 Å². The molecule has 3 aromatic rings. The molecule has 1 aliphatic rings. The zero-order chi connectivity index (χ0) is 19.7. The lowest BCUT2D eigenvalue weighted by atomic mass is 10.2. The summed E-state index contributed by atoms with van der Waals surface area (Å²) in [7, 11) is -3.88. The highest BCUT2D eigenvalue weighted by molar-refractivity contribution is 7.93. The molecule has 28 heavy (non-hydrogen) atoms. The van der Waals surface area contributed by atoms with Gasteiger partial charge >= 0.3 is 0 Å². The summed E-state index contributed by atoms with van der Waals surface area (Å²) in [5, 5.41) is 0.176. The summed E-state index contributed by atoms with van der Waals surface area (Å²) >= 11 is 1.13. The first-order chi connectivity index (χ1) is 13.4. The second-order valence-electron chi connectivity index (χ2n) is 6.17. The molecule has 0 aliphatic carbocycles. The van der Waals surface area contributed by atoms with Gasteiger partial charge in [-0.15, -0.1) is 0 Å². The van der Waals surface area contributed by atoms with E-state index in [9.17, 15) is 17.6 Å². The minimum absolute atomic E-state index is 0.0589. The van der Waals surface area contributed by atoms with Crippen LogP contribution in [0.3, 0.4) is 0 Å². The second kappa shape index (κ2) is 7.46. The number of anilines is 1. The molecule has 1 aromatic heterocycles.